The van der Waals surface area contributed by atoms with Crippen LogP contribution in [0.15, 0.2) is 0 Å². The van der Waals surface area contributed by atoms with Gasteiger partial charge in [-0.05, 0) is 25.7 Å². The van der Waals surface area contributed by atoms with Crippen molar-refractivity contribution in [1.29, 1.82) is 0 Å². The first-order valence-corrected chi connectivity index (χ1v) is 5.29. The third-order valence-corrected chi connectivity index (χ3v) is 3.42. The van der Waals surface area contributed by atoms with E-state index in [1.807, 2.05) is 0 Å². The van der Waals surface area contributed by atoms with Gasteiger partial charge < -0.3 is 10.5 Å². The van der Waals surface area contributed by atoms with E-state index in [1.54, 1.807) is 0 Å². The van der Waals surface area contributed by atoms with Gasteiger partial charge in [-0.25, -0.2) is 8.78 Å². The minimum absolute atomic E-state index is 0.0419. The van der Waals surface area contributed by atoms with Crippen LogP contribution in [-0.2, 0) is 4.74 Å². The second-order valence-corrected chi connectivity index (χ2v) is 4.64. The van der Waals surface area contributed by atoms with Crippen molar-refractivity contribution < 1.29 is 13.5 Å². The molecule has 1 saturated heterocycles. The lowest BCUT2D eigenvalue weighted by Gasteiger charge is -2.44. The zero-order chi connectivity index (χ0) is 10.2. The summed E-state index contributed by atoms with van der Waals surface area (Å²) in [5.41, 5.74) is 5.52. The maximum absolute atomic E-state index is 13.0. The predicted molar refractivity (Wildman–Crippen MR) is 49.3 cm³/mol. The molecular formula is C10H17F2NO. The van der Waals surface area contributed by atoms with E-state index in [4.69, 9.17) is 10.5 Å². The molecule has 1 saturated carbocycles. The highest BCUT2D eigenvalue weighted by molar-refractivity contribution is 4.94. The molecule has 2 fully saturated rings. The summed E-state index contributed by atoms with van der Waals surface area (Å²) in [5, 5.41) is 0. The molecule has 14 heavy (non-hydrogen) atoms. The number of hydrogen-bond donors (Lipinski definition) is 1. The molecule has 0 aromatic heterocycles. The van der Waals surface area contributed by atoms with Crippen LogP contribution in [0, 0.1) is 0 Å². The Hall–Kier alpha value is -0.220. The number of alkyl halides is 2. The average molecular weight is 205 g/mol. The van der Waals surface area contributed by atoms with Crippen LogP contribution in [0.1, 0.15) is 38.5 Å². The van der Waals surface area contributed by atoms with Gasteiger partial charge in [0.25, 0.3) is 0 Å². The zero-order valence-electron chi connectivity index (χ0n) is 8.27. The number of rotatable bonds is 0. The standard InChI is InChI=1S/C10H17F2NO/c11-10(12)4-2-9(3-5-10)7-8(13)1-6-14-9/h8H,1-7,13H2. The Bertz CT molecular complexity index is 210. The molecule has 0 bridgehead atoms. The van der Waals surface area contributed by atoms with E-state index in [2.05, 4.69) is 0 Å². The van der Waals surface area contributed by atoms with Gasteiger partial charge in [-0.2, -0.15) is 0 Å². The van der Waals surface area contributed by atoms with Crippen molar-refractivity contribution in [1.82, 2.24) is 0 Å². The Morgan fingerprint density at radius 2 is 1.79 bits per heavy atom. The summed E-state index contributed by atoms with van der Waals surface area (Å²) < 4.78 is 31.6. The first-order valence-electron chi connectivity index (χ1n) is 5.29. The fourth-order valence-electron chi connectivity index (χ4n) is 2.49. The highest BCUT2D eigenvalue weighted by Gasteiger charge is 2.45. The van der Waals surface area contributed by atoms with Gasteiger partial charge in [0, 0.05) is 25.5 Å². The van der Waals surface area contributed by atoms with Crippen LogP contribution in [0.4, 0.5) is 8.78 Å². The third kappa shape index (κ3) is 2.06. The lowest BCUT2D eigenvalue weighted by atomic mass is 9.77. The molecule has 1 aliphatic heterocycles. The highest BCUT2D eigenvalue weighted by Crippen LogP contribution is 2.44. The highest BCUT2D eigenvalue weighted by atomic mass is 19.3. The molecule has 1 spiro atoms. The summed E-state index contributed by atoms with van der Waals surface area (Å²) in [4.78, 5) is 0. The van der Waals surface area contributed by atoms with Gasteiger partial charge in [-0.15, -0.1) is 0 Å². The summed E-state index contributed by atoms with van der Waals surface area (Å²) in [6, 6.07) is 0.135. The second-order valence-electron chi connectivity index (χ2n) is 4.64. The lowest BCUT2D eigenvalue weighted by molar-refractivity contribution is -0.152. The largest absolute Gasteiger partial charge is 0.375 e. The number of halogens is 2. The molecule has 2 nitrogen and oxygen atoms in total. The van der Waals surface area contributed by atoms with Crippen molar-refractivity contribution in [3.05, 3.63) is 0 Å². The fourth-order valence-corrected chi connectivity index (χ4v) is 2.49. The molecule has 2 rings (SSSR count). The molecule has 1 atom stereocenters. The topological polar surface area (TPSA) is 35.2 Å². The van der Waals surface area contributed by atoms with E-state index in [1.165, 1.54) is 0 Å². The summed E-state index contributed by atoms with van der Waals surface area (Å²) >= 11 is 0. The molecule has 0 amide bonds. The van der Waals surface area contributed by atoms with Gasteiger partial charge in [0.2, 0.25) is 5.92 Å². The maximum Gasteiger partial charge on any atom is 0.248 e. The van der Waals surface area contributed by atoms with Crippen molar-refractivity contribution in [3.8, 4) is 0 Å². The summed E-state index contributed by atoms with van der Waals surface area (Å²) in [6.45, 7) is 0.632. The predicted octanol–water partition coefficient (Wildman–Crippen LogP) is 2.07. The Kier molecular flexibility index (Phi) is 2.52. The van der Waals surface area contributed by atoms with Crippen molar-refractivity contribution in [3.63, 3.8) is 0 Å². The SMILES string of the molecule is NC1CCOC2(CCC(F)(F)CC2)C1. The van der Waals surface area contributed by atoms with Crippen LogP contribution in [-0.4, -0.2) is 24.2 Å². The van der Waals surface area contributed by atoms with E-state index in [9.17, 15) is 8.78 Å². The van der Waals surface area contributed by atoms with Gasteiger partial charge in [-0.3, -0.25) is 0 Å². The van der Waals surface area contributed by atoms with Crippen LogP contribution in [0.25, 0.3) is 0 Å². The Balaban J connectivity index is 1.98. The maximum atomic E-state index is 13.0. The Morgan fingerprint density at radius 3 is 2.36 bits per heavy atom. The van der Waals surface area contributed by atoms with Crippen molar-refractivity contribution in [2.45, 2.75) is 56.1 Å². The Labute approximate surface area is 82.8 Å². The summed E-state index contributed by atoms with van der Waals surface area (Å²) in [5.74, 6) is -2.48. The van der Waals surface area contributed by atoms with Gasteiger partial charge in [-0.1, -0.05) is 0 Å². The molecule has 0 radical (unpaired) electrons. The van der Waals surface area contributed by atoms with Gasteiger partial charge in [0.1, 0.15) is 0 Å². The van der Waals surface area contributed by atoms with Crippen molar-refractivity contribution in [2.75, 3.05) is 6.61 Å². The van der Waals surface area contributed by atoms with Crippen LogP contribution in [0.5, 0.6) is 0 Å². The second kappa shape index (κ2) is 3.42. The molecule has 82 valence electrons. The smallest absolute Gasteiger partial charge is 0.248 e. The molecule has 2 N–H and O–H groups in total. The van der Waals surface area contributed by atoms with E-state index < -0.39 is 5.92 Å². The van der Waals surface area contributed by atoms with Crippen LogP contribution in [0.3, 0.4) is 0 Å². The minimum atomic E-state index is -2.48. The van der Waals surface area contributed by atoms with E-state index in [0.717, 1.165) is 12.8 Å². The van der Waals surface area contributed by atoms with E-state index >= 15 is 0 Å². The minimum Gasteiger partial charge on any atom is -0.375 e. The van der Waals surface area contributed by atoms with Crippen LogP contribution >= 0.6 is 0 Å². The van der Waals surface area contributed by atoms with Gasteiger partial charge in [0.15, 0.2) is 0 Å². The fraction of sp³-hybridized carbons (Fsp3) is 1.00. The lowest BCUT2D eigenvalue weighted by Crippen LogP contribution is -2.48. The number of ether oxygens (including phenoxy) is 1. The van der Waals surface area contributed by atoms with Crippen LogP contribution < -0.4 is 5.73 Å². The molecule has 2 aliphatic rings. The summed E-state index contributed by atoms with van der Waals surface area (Å²) in [6.07, 6.45) is 2.46. The first kappa shape index (κ1) is 10.3. The van der Waals surface area contributed by atoms with Crippen molar-refractivity contribution in [2.24, 2.45) is 5.73 Å². The van der Waals surface area contributed by atoms with Crippen LogP contribution in [0.2, 0.25) is 0 Å². The number of hydrogen-bond acceptors (Lipinski definition) is 2. The quantitative estimate of drug-likeness (QED) is 0.657. The molecule has 0 aromatic rings. The molecule has 1 aliphatic carbocycles. The number of nitrogens with two attached hydrogens (primary N) is 1. The first-order chi connectivity index (χ1) is 6.52. The molecule has 0 aromatic carbocycles. The monoisotopic (exact) mass is 205 g/mol. The molecule has 1 heterocycles. The normalized spacial score (nSPS) is 35.8. The summed E-state index contributed by atoms with van der Waals surface area (Å²) in [7, 11) is 0. The third-order valence-electron chi connectivity index (χ3n) is 3.42. The molecule has 4 heteroatoms. The van der Waals surface area contributed by atoms with Crippen molar-refractivity contribution >= 4 is 0 Å². The Morgan fingerprint density at radius 1 is 1.14 bits per heavy atom. The molecular weight excluding hydrogens is 188 g/mol. The van der Waals surface area contributed by atoms with E-state index in [-0.39, 0.29) is 24.5 Å². The average Bonchev–Trinajstić information content (AvgIpc) is 2.12. The van der Waals surface area contributed by atoms with Gasteiger partial charge in [0.05, 0.1) is 5.60 Å². The van der Waals surface area contributed by atoms with Gasteiger partial charge >= 0.3 is 0 Å². The zero-order valence-corrected chi connectivity index (χ0v) is 8.27. The molecule has 1 unspecified atom stereocenters. The van der Waals surface area contributed by atoms with E-state index in [0.29, 0.717) is 19.4 Å².